The van der Waals surface area contributed by atoms with E-state index < -0.39 is 0 Å². The van der Waals surface area contributed by atoms with Gasteiger partial charge in [-0.1, -0.05) is 0 Å². The minimum absolute atomic E-state index is 0.432. The number of rotatable bonds is 5. The number of likely N-dealkylation sites (tertiary alicyclic amines) is 1. The van der Waals surface area contributed by atoms with E-state index in [1.165, 1.54) is 27.8 Å². The largest absolute Gasteiger partial charge is 0.380 e. The molecule has 2 heterocycles. The number of aromatic nitrogens is 1. The number of benzene rings is 1. The number of methoxy groups -OCH3 is 1. The summed E-state index contributed by atoms with van der Waals surface area (Å²) < 4.78 is 5.43. The highest BCUT2D eigenvalue weighted by Crippen LogP contribution is 2.25. The van der Waals surface area contributed by atoms with Gasteiger partial charge in [-0.2, -0.15) is 0 Å². The second kappa shape index (κ2) is 6.20. The summed E-state index contributed by atoms with van der Waals surface area (Å²) in [5.74, 6) is 0. The lowest BCUT2D eigenvalue weighted by molar-refractivity contribution is 0.108. The van der Waals surface area contributed by atoms with Crippen molar-refractivity contribution in [3.05, 3.63) is 30.0 Å². The first kappa shape index (κ1) is 14.0. The molecule has 4 heteroatoms. The minimum atomic E-state index is 0.432. The SMILES string of the molecule is CO[C@@H]1CCN(CCc2c[nH]c3ccc(SC)cc23)C1. The molecule has 2 aromatic rings. The molecule has 1 N–H and O–H groups in total. The van der Waals surface area contributed by atoms with Gasteiger partial charge in [0.15, 0.2) is 0 Å². The van der Waals surface area contributed by atoms with Gasteiger partial charge in [-0.25, -0.2) is 0 Å². The number of thioether (sulfide) groups is 1. The van der Waals surface area contributed by atoms with Crippen molar-refractivity contribution in [2.45, 2.75) is 23.8 Å². The number of hydrogen-bond donors (Lipinski definition) is 1. The molecule has 0 unspecified atom stereocenters. The first-order valence-corrected chi connectivity index (χ1v) is 8.42. The van der Waals surface area contributed by atoms with Gasteiger partial charge in [0.25, 0.3) is 0 Å². The van der Waals surface area contributed by atoms with E-state index in [0.717, 1.165) is 26.1 Å². The van der Waals surface area contributed by atoms with Gasteiger partial charge in [-0.3, -0.25) is 0 Å². The molecule has 1 aliphatic rings. The van der Waals surface area contributed by atoms with Gasteiger partial charge in [0.1, 0.15) is 0 Å². The number of fused-ring (bicyclic) bond motifs is 1. The lowest BCUT2D eigenvalue weighted by atomic mass is 10.1. The van der Waals surface area contributed by atoms with Gasteiger partial charge >= 0.3 is 0 Å². The Morgan fingerprint density at radius 3 is 3.10 bits per heavy atom. The zero-order valence-corrected chi connectivity index (χ0v) is 13.0. The third kappa shape index (κ3) is 2.87. The Morgan fingerprint density at radius 1 is 1.45 bits per heavy atom. The van der Waals surface area contributed by atoms with Crippen LogP contribution >= 0.6 is 11.8 Å². The van der Waals surface area contributed by atoms with E-state index in [2.05, 4.69) is 40.5 Å². The van der Waals surface area contributed by atoms with Crippen molar-refractivity contribution in [3.63, 3.8) is 0 Å². The molecule has 1 atom stereocenters. The smallest absolute Gasteiger partial charge is 0.0710 e. The van der Waals surface area contributed by atoms with Gasteiger partial charge in [0.2, 0.25) is 0 Å². The molecular formula is C16H22N2OS. The fraction of sp³-hybridized carbons (Fsp3) is 0.500. The van der Waals surface area contributed by atoms with Crippen LogP contribution in [0.5, 0.6) is 0 Å². The molecule has 3 nitrogen and oxygen atoms in total. The van der Waals surface area contributed by atoms with Crippen LogP contribution in [0.25, 0.3) is 10.9 Å². The zero-order chi connectivity index (χ0) is 13.9. The maximum Gasteiger partial charge on any atom is 0.0710 e. The Hall–Kier alpha value is -0.970. The zero-order valence-electron chi connectivity index (χ0n) is 12.2. The second-order valence-corrected chi connectivity index (χ2v) is 6.30. The van der Waals surface area contributed by atoms with E-state index in [-0.39, 0.29) is 0 Å². The maximum atomic E-state index is 5.43. The van der Waals surface area contributed by atoms with Crippen molar-refractivity contribution in [2.75, 3.05) is 33.0 Å². The van der Waals surface area contributed by atoms with Gasteiger partial charge < -0.3 is 14.6 Å². The standard InChI is InChI=1S/C16H22N2OS/c1-19-13-6-8-18(11-13)7-5-12-10-17-16-4-3-14(20-2)9-15(12)16/h3-4,9-10,13,17H,5-8,11H2,1-2H3/t13-/m1/s1. The molecule has 3 rings (SSSR count). The highest BCUT2D eigenvalue weighted by Gasteiger charge is 2.21. The predicted molar refractivity (Wildman–Crippen MR) is 85.6 cm³/mol. The van der Waals surface area contributed by atoms with Crippen molar-refractivity contribution >= 4 is 22.7 Å². The van der Waals surface area contributed by atoms with Gasteiger partial charge in [-0.05, 0) is 42.9 Å². The fourth-order valence-electron chi connectivity index (χ4n) is 2.96. The molecule has 108 valence electrons. The maximum absolute atomic E-state index is 5.43. The fourth-order valence-corrected chi connectivity index (χ4v) is 3.40. The quantitative estimate of drug-likeness (QED) is 0.858. The number of aromatic amines is 1. The van der Waals surface area contributed by atoms with Crippen molar-refractivity contribution < 1.29 is 4.74 Å². The van der Waals surface area contributed by atoms with Crippen LogP contribution in [0.15, 0.2) is 29.3 Å². The van der Waals surface area contributed by atoms with Crippen LogP contribution in [0, 0.1) is 0 Å². The summed E-state index contributed by atoms with van der Waals surface area (Å²) >= 11 is 1.80. The lowest BCUT2D eigenvalue weighted by Crippen LogP contribution is -2.25. The third-order valence-electron chi connectivity index (χ3n) is 4.23. The molecular weight excluding hydrogens is 268 g/mol. The molecule has 1 aromatic heterocycles. The molecule has 20 heavy (non-hydrogen) atoms. The van der Waals surface area contributed by atoms with Gasteiger partial charge in [-0.15, -0.1) is 11.8 Å². The number of nitrogens with one attached hydrogen (secondary N) is 1. The van der Waals surface area contributed by atoms with E-state index in [1.807, 2.05) is 7.11 Å². The predicted octanol–water partition coefficient (Wildman–Crippen LogP) is 3.15. The highest BCUT2D eigenvalue weighted by molar-refractivity contribution is 7.98. The Bertz CT molecular complexity index is 581. The van der Waals surface area contributed by atoms with Crippen molar-refractivity contribution in [1.29, 1.82) is 0 Å². The Morgan fingerprint density at radius 2 is 2.35 bits per heavy atom. The topological polar surface area (TPSA) is 28.3 Å². The molecule has 0 aliphatic carbocycles. The monoisotopic (exact) mass is 290 g/mol. The van der Waals surface area contributed by atoms with E-state index in [0.29, 0.717) is 6.10 Å². The van der Waals surface area contributed by atoms with Crippen LogP contribution < -0.4 is 0 Å². The van der Waals surface area contributed by atoms with E-state index in [9.17, 15) is 0 Å². The molecule has 1 fully saturated rings. The summed E-state index contributed by atoms with van der Waals surface area (Å²) in [5.41, 5.74) is 2.67. The van der Waals surface area contributed by atoms with Gasteiger partial charge in [0.05, 0.1) is 6.10 Å². The van der Waals surface area contributed by atoms with E-state index >= 15 is 0 Å². The van der Waals surface area contributed by atoms with Crippen LogP contribution in [0.2, 0.25) is 0 Å². The Balaban J connectivity index is 1.68. The van der Waals surface area contributed by atoms with Crippen LogP contribution in [0.4, 0.5) is 0 Å². The van der Waals surface area contributed by atoms with Gasteiger partial charge in [0, 0.05) is 48.7 Å². The number of hydrogen-bond acceptors (Lipinski definition) is 3. The average Bonchev–Trinajstić information content (AvgIpc) is 3.11. The summed E-state index contributed by atoms with van der Waals surface area (Å²) in [5, 5.41) is 1.37. The van der Waals surface area contributed by atoms with Crippen LogP contribution in [0.3, 0.4) is 0 Å². The third-order valence-corrected chi connectivity index (χ3v) is 4.96. The minimum Gasteiger partial charge on any atom is -0.380 e. The summed E-state index contributed by atoms with van der Waals surface area (Å²) in [4.78, 5) is 7.22. The van der Waals surface area contributed by atoms with E-state index in [4.69, 9.17) is 4.74 Å². The second-order valence-electron chi connectivity index (χ2n) is 5.42. The molecule has 1 saturated heterocycles. The summed E-state index contributed by atoms with van der Waals surface area (Å²) in [7, 11) is 1.82. The molecule has 0 radical (unpaired) electrons. The summed E-state index contributed by atoms with van der Waals surface area (Å²) in [6.07, 6.45) is 7.00. The van der Waals surface area contributed by atoms with Crippen molar-refractivity contribution in [3.8, 4) is 0 Å². The Kier molecular flexibility index (Phi) is 4.34. The molecule has 0 amide bonds. The molecule has 0 bridgehead atoms. The number of nitrogens with zero attached hydrogens (tertiary/aromatic N) is 1. The van der Waals surface area contributed by atoms with Crippen LogP contribution in [-0.2, 0) is 11.2 Å². The van der Waals surface area contributed by atoms with Crippen molar-refractivity contribution in [1.82, 2.24) is 9.88 Å². The molecule has 0 spiro atoms. The number of ether oxygens (including phenoxy) is 1. The lowest BCUT2D eigenvalue weighted by Gasteiger charge is -2.15. The number of H-pyrrole nitrogens is 1. The normalized spacial score (nSPS) is 20.0. The van der Waals surface area contributed by atoms with Crippen molar-refractivity contribution in [2.24, 2.45) is 0 Å². The Labute approximate surface area is 124 Å². The van der Waals surface area contributed by atoms with Crippen LogP contribution in [0.1, 0.15) is 12.0 Å². The molecule has 0 saturated carbocycles. The highest BCUT2D eigenvalue weighted by atomic mass is 32.2. The first-order chi connectivity index (χ1) is 9.80. The average molecular weight is 290 g/mol. The molecule has 1 aromatic carbocycles. The van der Waals surface area contributed by atoms with Crippen LogP contribution in [-0.4, -0.2) is 49.0 Å². The van der Waals surface area contributed by atoms with E-state index in [1.54, 1.807) is 11.8 Å². The summed E-state index contributed by atoms with van der Waals surface area (Å²) in [6, 6.07) is 6.66. The summed E-state index contributed by atoms with van der Waals surface area (Å²) in [6.45, 7) is 3.36. The first-order valence-electron chi connectivity index (χ1n) is 7.19. The molecule has 1 aliphatic heterocycles.